The fourth-order valence-corrected chi connectivity index (χ4v) is 3.33. The molecule has 0 amide bonds. The van der Waals surface area contributed by atoms with Gasteiger partial charge >= 0.3 is 0 Å². The van der Waals surface area contributed by atoms with Gasteiger partial charge in [0.15, 0.2) is 9.84 Å². The van der Waals surface area contributed by atoms with E-state index in [2.05, 4.69) is 5.32 Å². The minimum atomic E-state index is -3.20. The van der Waals surface area contributed by atoms with Gasteiger partial charge in [-0.25, -0.2) is 8.42 Å². The van der Waals surface area contributed by atoms with Crippen LogP contribution >= 0.6 is 0 Å². The summed E-state index contributed by atoms with van der Waals surface area (Å²) in [4.78, 5) is 0.385. The number of nitrogens with one attached hydrogen (secondary N) is 1. The van der Waals surface area contributed by atoms with Gasteiger partial charge in [0.05, 0.1) is 16.3 Å². The molecule has 0 aliphatic rings. The highest BCUT2D eigenvalue weighted by Crippen LogP contribution is 2.23. The van der Waals surface area contributed by atoms with Gasteiger partial charge in [-0.2, -0.15) is 0 Å². The fraction of sp³-hybridized carbons (Fsp3) is 0.538. The van der Waals surface area contributed by atoms with Crippen LogP contribution in [0, 0.1) is 0 Å². The lowest BCUT2D eigenvalue weighted by molar-refractivity contribution is 0.594. The lowest BCUT2D eigenvalue weighted by Gasteiger charge is -2.17. The average molecular weight is 270 g/mol. The molecule has 1 atom stereocenters. The first-order valence-electron chi connectivity index (χ1n) is 6.29. The molecule has 18 heavy (non-hydrogen) atoms. The second-order valence-corrected chi connectivity index (χ2v) is 6.52. The Balaban J connectivity index is 3.00. The van der Waals surface area contributed by atoms with Crippen LogP contribution in [0.25, 0.3) is 0 Å². The summed E-state index contributed by atoms with van der Waals surface area (Å²) in [6, 6.07) is 7.20. The van der Waals surface area contributed by atoms with E-state index in [1.807, 2.05) is 19.9 Å². The van der Waals surface area contributed by atoms with E-state index in [1.165, 1.54) is 0 Å². The van der Waals surface area contributed by atoms with E-state index in [-0.39, 0.29) is 11.8 Å². The van der Waals surface area contributed by atoms with Crippen LogP contribution in [0.4, 0.5) is 5.69 Å². The SMILES string of the molecule is CCCS(=O)(=O)c1ccccc1NC(C)CCN. The summed E-state index contributed by atoms with van der Waals surface area (Å²) in [5.41, 5.74) is 6.17. The number of hydrogen-bond donors (Lipinski definition) is 2. The number of anilines is 1. The summed E-state index contributed by atoms with van der Waals surface area (Å²) in [6.45, 7) is 4.44. The predicted octanol–water partition coefficient (Wildman–Crippen LogP) is 2.02. The molecular weight excluding hydrogens is 248 g/mol. The first-order chi connectivity index (χ1) is 8.51. The minimum Gasteiger partial charge on any atom is -0.381 e. The van der Waals surface area contributed by atoms with Gasteiger partial charge in [-0.15, -0.1) is 0 Å². The molecule has 0 aromatic heterocycles. The molecule has 1 aromatic carbocycles. The lowest BCUT2D eigenvalue weighted by Crippen LogP contribution is -2.21. The van der Waals surface area contributed by atoms with Crippen LogP contribution in [0.2, 0.25) is 0 Å². The monoisotopic (exact) mass is 270 g/mol. The molecule has 0 aliphatic carbocycles. The number of para-hydroxylation sites is 1. The number of sulfone groups is 1. The summed E-state index contributed by atoms with van der Waals surface area (Å²) < 4.78 is 24.3. The van der Waals surface area contributed by atoms with Crippen LogP contribution in [0.15, 0.2) is 29.2 Å². The fourth-order valence-electron chi connectivity index (χ4n) is 1.82. The molecule has 4 nitrogen and oxygen atoms in total. The molecule has 0 saturated heterocycles. The van der Waals surface area contributed by atoms with Crippen LogP contribution in [-0.4, -0.2) is 26.8 Å². The van der Waals surface area contributed by atoms with E-state index in [4.69, 9.17) is 5.73 Å². The van der Waals surface area contributed by atoms with Crippen molar-refractivity contribution >= 4 is 15.5 Å². The molecule has 5 heteroatoms. The van der Waals surface area contributed by atoms with Gasteiger partial charge in [0.2, 0.25) is 0 Å². The summed E-state index contributed by atoms with van der Waals surface area (Å²) in [5.74, 6) is 0.178. The predicted molar refractivity (Wildman–Crippen MR) is 75.5 cm³/mol. The third kappa shape index (κ3) is 3.99. The second-order valence-electron chi connectivity index (χ2n) is 4.44. The quantitative estimate of drug-likeness (QED) is 0.795. The van der Waals surface area contributed by atoms with Gasteiger partial charge in [-0.3, -0.25) is 0 Å². The highest BCUT2D eigenvalue weighted by Gasteiger charge is 2.17. The van der Waals surface area contributed by atoms with Crippen molar-refractivity contribution < 1.29 is 8.42 Å². The molecule has 0 fully saturated rings. The van der Waals surface area contributed by atoms with Gasteiger partial charge in [-0.1, -0.05) is 19.1 Å². The Hall–Kier alpha value is -1.07. The highest BCUT2D eigenvalue weighted by atomic mass is 32.2. The Morgan fingerprint density at radius 3 is 2.61 bits per heavy atom. The van der Waals surface area contributed by atoms with Gasteiger partial charge < -0.3 is 11.1 Å². The van der Waals surface area contributed by atoms with Crippen LogP contribution < -0.4 is 11.1 Å². The molecule has 1 rings (SSSR count). The summed E-state index contributed by atoms with van der Waals surface area (Å²) >= 11 is 0. The Bertz CT molecular complexity index is 472. The molecule has 102 valence electrons. The topological polar surface area (TPSA) is 72.2 Å². The van der Waals surface area contributed by atoms with Crippen LogP contribution in [0.3, 0.4) is 0 Å². The van der Waals surface area contributed by atoms with E-state index in [1.54, 1.807) is 18.2 Å². The van der Waals surface area contributed by atoms with Gasteiger partial charge in [-0.05, 0) is 38.4 Å². The molecule has 3 N–H and O–H groups in total. The third-order valence-corrected chi connectivity index (χ3v) is 4.67. The molecule has 0 saturated carbocycles. The van der Waals surface area contributed by atoms with Crippen LogP contribution in [0.5, 0.6) is 0 Å². The smallest absolute Gasteiger partial charge is 0.180 e. The number of benzene rings is 1. The van der Waals surface area contributed by atoms with Crippen molar-refractivity contribution in [2.75, 3.05) is 17.6 Å². The van der Waals surface area contributed by atoms with Gasteiger partial charge in [0, 0.05) is 6.04 Å². The van der Waals surface area contributed by atoms with Crippen molar-refractivity contribution in [2.24, 2.45) is 5.73 Å². The van der Waals surface area contributed by atoms with Crippen LogP contribution in [-0.2, 0) is 9.84 Å². The van der Waals surface area contributed by atoms with Crippen molar-refractivity contribution in [3.63, 3.8) is 0 Å². The van der Waals surface area contributed by atoms with Gasteiger partial charge in [0.1, 0.15) is 0 Å². The maximum atomic E-state index is 12.1. The molecule has 0 aliphatic heterocycles. The maximum absolute atomic E-state index is 12.1. The maximum Gasteiger partial charge on any atom is 0.180 e. The summed E-state index contributed by atoms with van der Waals surface area (Å²) in [5, 5.41) is 3.22. The standard InChI is InChI=1S/C13H22N2O2S/c1-3-10-18(16,17)13-7-5-4-6-12(13)15-11(2)8-9-14/h4-7,11,15H,3,8-10,14H2,1-2H3. The zero-order valence-corrected chi connectivity index (χ0v) is 11.8. The first-order valence-corrected chi connectivity index (χ1v) is 7.95. The summed E-state index contributed by atoms with van der Waals surface area (Å²) in [7, 11) is -3.20. The van der Waals surface area contributed by atoms with Crippen molar-refractivity contribution in [1.82, 2.24) is 0 Å². The Morgan fingerprint density at radius 1 is 1.33 bits per heavy atom. The Morgan fingerprint density at radius 2 is 2.00 bits per heavy atom. The zero-order chi connectivity index (χ0) is 13.6. The van der Waals surface area contributed by atoms with Crippen molar-refractivity contribution in [3.05, 3.63) is 24.3 Å². The van der Waals surface area contributed by atoms with Crippen molar-refractivity contribution in [1.29, 1.82) is 0 Å². The molecule has 0 bridgehead atoms. The van der Waals surface area contributed by atoms with Crippen LogP contribution in [0.1, 0.15) is 26.7 Å². The molecule has 0 spiro atoms. The highest BCUT2D eigenvalue weighted by molar-refractivity contribution is 7.91. The normalized spacial score (nSPS) is 13.3. The van der Waals surface area contributed by atoms with E-state index in [9.17, 15) is 8.42 Å². The van der Waals surface area contributed by atoms with E-state index in [0.717, 1.165) is 6.42 Å². The molecule has 1 unspecified atom stereocenters. The van der Waals surface area contributed by atoms with Crippen molar-refractivity contribution in [3.8, 4) is 0 Å². The Labute approximate surface area is 110 Å². The lowest BCUT2D eigenvalue weighted by atomic mass is 10.2. The Kier molecular flexibility index (Phi) is 5.62. The number of rotatable bonds is 7. The minimum absolute atomic E-state index is 0.160. The summed E-state index contributed by atoms with van der Waals surface area (Å²) in [6.07, 6.45) is 1.43. The first kappa shape index (κ1) is 15.0. The largest absolute Gasteiger partial charge is 0.381 e. The molecule has 0 heterocycles. The third-order valence-electron chi connectivity index (χ3n) is 2.70. The number of nitrogens with two attached hydrogens (primary N) is 1. The van der Waals surface area contributed by atoms with E-state index >= 15 is 0 Å². The van der Waals surface area contributed by atoms with E-state index in [0.29, 0.717) is 23.5 Å². The number of hydrogen-bond acceptors (Lipinski definition) is 4. The van der Waals surface area contributed by atoms with Crippen molar-refractivity contribution in [2.45, 2.75) is 37.6 Å². The molecular formula is C13H22N2O2S. The second kappa shape index (κ2) is 6.75. The zero-order valence-electron chi connectivity index (χ0n) is 11.0. The van der Waals surface area contributed by atoms with E-state index < -0.39 is 9.84 Å². The average Bonchev–Trinajstić information content (AvgIpc) is 2.29. The molecule has 1 aromatic rings. The molecule has 0 radical (unpaired) electrons. The van der Waals surface area contributed by atoms with Gasteiger partial charge in [0.25, 0.3) is 0 Å².